The fourth-order valence-electron chi connectivity index (χ4n) is 1.53. The van der Waals surface area contributed by atoms with Crippen LogP contribution < -0.4 is 11.1 Å². The highest BCUT2D eigenvalue weighted by molar-refractivity contribution is 5.95. The predicted octanol–water partition coefficient (Wildman–Crippen LogP) is 0.535. The predicted molar refractivity (Wildman–Crippen MR) is 65.6 cm³/mol. The summed E-state index contributed by atoms with van der Waals surface area (Å²) >= 11 is 0. The smallest absolute Gasteiger partial charge is 0.254 e. The third kappa shape index (κ3) is 3.97. The lowest BCUT2D eigenvalue weighted by Gasteiger charge is -2.17. The second-order valence-electron chi connectivity index (χ2n) is 3.88. The Morgan fingerprint density at radius 2 is 2.33 bits per heavy atom. The number of ether oxygens (including phenoxy) is 1. The minimum atomic E-state index is -0.637. The Hall–Kier alpha value is -1.66. The molecular formula is C12H17FN2O3. The molecule has 5 nitrogen and oxygen atoms in total. The van der Waals surface area contributed by atoms with Gasteiger partial charge in [0, 0.05) is 19.4 Å². The summed E-state index contributed by atoms with van der Waals surface area (Å²) < 4.78 is 18.3. The Kier molecular flexibility index (Phi) is 5.54. The summed E-state index contributed by atoms with van der Waals surface area (Å²) in [5, 5.41) is 11.4. The monoisotopic (exact) mass is 256 g/mol. The molecule has 0 aliphatic carbocycles. The number of benzene rings is 1. The molecule has 0 radical (unpaired) electrons. The summed E-state index contributed by atoms with van der Waals surface area (Å²) in [6.45, 7) is 0.157. The summed E-state index contributed by atoms with van der Waals surface area (Å²) in [7, 11) is 1.48. The second kappa shape index (κ2) is 6.93. The molecule has 0 aliphatic heterocycles. The second-order valence-corrected chi connectivity index (χ2v) is 3.88. The van der Waals surface area contributed by atoms with Crippen LogP contribution in [0.2, 0.25) is 0 Å². The van der Waals surface area contributed by atoms with E-state index in [2.05, 4.69) is 5.32 Å². The van der Waals surface area contributed by atoms with Gasteiger partial charge in [-0.15, -0.1) is 0 Å². The molecule has 6 heteroatoms. The largest absolute Gasteiger partial charge is 0.399 e. The quantitative estimate of drug-likeness (QED) is 0.648. The average molecular weight is 256 g/mol. The number of nitrogens with one attached hydrogen (secondary N) is 1. The Bertz CT molecular complexity index is 406. The van der Waals surface area contributed by atoms with Crippen molar-refractivity contribution >= 4 is 11.6 Å². The van der Waals surface area contributed by atoms with Crippen LogP contribution in [0.4, 0.5) is 10.1 Å². The van der Waals surface area contributed by atoms with Crippen LogP contribution in [0.15, 0.2) is 18.2 Å². The summed E-state index contributed by atoms with van der Waals surface area (Å²) in [6.07, 6.45) is 0.337. The average Bonchev–Trinajstić information content (AvgIpc) is 2.33. The highest BCUT2D eigenvalue weighted by Gasteiger charge is 2.16. The number of rotatable bonds is 6. The van der Waals surface area contributed by atoms with Crippen LogP contribution >= 0.6 is 0 Å². The third-order valence-electron chi connectivity index (χ3n) is 2.42. The summed E-state index contributed by atoms with van der Waals surface area (Å²) in [4.78, 5) is 11.8. The summed E-state index contributed by atoms with van der Waals surface area (Å²) in [6, 6.07) is 3.43. The van der Waals surface area contributed by atoms with Gasteiger partial charge in [0.2, 0.25) is 0 Å². The van der Waals surface area contributed by atoms with E-state index in [1.807, 2.05) is 0 Å². The van der Waals surface area contributed by atoms with Crippen LogP contribution in [0, 0.1) is 5.82 Å². The van der Waals surface area contributed by atoms with Gasteiger partial charge in [0.05, 0.1) is 18.2 Å². The Labute approximate surface area is 105 Å². The first-order chi connectivity index (χ1) is 8.58. The standard InChI is InChI=1S/C12H17FN2O3/c1-18-7-9(4-5-16)15-12(17)10-6-8(14)2-3-11(10)13/h2-3,6,9,16H,4-5,7,14H2,1H3,(H,15,17). The van der Waals surface area contributed by atoms with Gasteiger partial charge < -0.3 is 20.9 Å². The zero-order chi connectivity index (χ0) is 13.5. The number of aliphatic hydroxyl groups excluding tert-OH is 1. The van der Waals surface area contributed by atoms with Crippen LogP contribution in [0.1, 0.15) is 16.8 Å². The van der Waals surface area contributed by atoms with E-state index < -0.39 is 11.7 Å². The fraction of sp³-hybridized carbons (Fsp3) is 0.417. The van der Waals surface area contributed by atoms with E-state index in [9.17, 15) is 9.18 Å². The lowest BCUT2D eigenvalue weighted by Crippen LogP contribution is -2.39. The van der Waals surface area contributed by atoms with Crippen LogP contribution in [0.5, 0.6) is 0 Å². The summed E-state index contributed by atoms with van der Waals surface area (Å²) in [5.41, 5.74) is 5.70. The Morgan fingerprint density at radius 1 is 1.61 bits per heavy atom. The number of amides is 1. The molecule has 1 atom stereocenters. The van der Waals surface area contributed by atoms with Crippen LogP contribution in [0.25, 0.3) is 0 Å². The third-order valence-corrected chi connectivity index (χ3v) is 2.42. The van der Waals surface area contributed by atoms with Gasteiger partial charge in [-0.25, -0.2) is 4.39 Å². The van der Waals surface area contributed by atoms with Gasteiger partial charge in [-0.1, -0.05) is 0 Å². The van der Waals surface area contributed by atoms with Crippen molar-refractivity contribution in [2.75, 3.05) is 26.1 Å². The molecule has 1 aromatic carbocycles. The fourth-order valence-corrected chi connectivity index (χ4v) is 1.53. The molecule has 100 valence electrons. The molecule has 1 unspecified atom stereocenters. The number of nitrogens with two attached hydrogens (primary N) is 1. The lowest BCUT2D eigenvalue weighted by atomic mass is 10.1. The molecule has 0 bridgehead atoms. The number of hydrogen-bond donors (Lipinski definition) is 3. The van der Waals surface area contributed by atoms with Gasteiger partial charge in [-0.2, -0.15) is 0 Å². The van der Waals surface area contributed by atoms with Crippen molar-refractivity contribution in [2.45, 2.75) is 12.5 Å². The van der Waals surface area contributed by atoms with Crippen LogP contribution in [-0.4, -0.2) is 37.4 Å². The maximum atomic E-state index is 13.4. The first-order valence-corrected chi connectivity index (χ1v) is 5.54. The zero-order valence-electron chi connectivity index (χ0n) is 10.1. The summed E-state index contributed by atoms with van der Waals surface area (Å²) in [5.74, 6) is -1.21. The molecule has 4 N–H and O–H groups in total. The van der Waals surface area contributed by atoms with E-state index in [1.165, 1.54) is 19.2 Å². The first kappa shape index (κ1) is 14.4. The molecule has 18 heavy (non-hydrogen) atoms. The number of nitrogen functional groups attached to an aromatic ring is 1. The van der Waals surface area contributed by atoms with E-state index in [0.717, 1.165) is 6.07 Å². The van der Waals surface area contributed by atoms with Crippen molar-refractivity contribution in [3.8, 4) is 0 Å². The van der Waals surface area contributed by atoms with E-state index in [1.54, 1.807) is 0 Å². The van der Waals surface area contributed by atoms with Gasteiger partial charge >= 0.3 is 0 Å². The molecule has 0 aliphatic rings. The van der Waals surface area contributed by atoms with Gasteiger partial charge in [0.25, 0.3) is 5.91 Å². The number of carbonyl (C=O) groups is 1. The molecule has 0 fully saturated rings. The molecule has 0 aromatic heterocycles. The number of carbonyl (C=O) groups excluding carboxylic acids is 1. The highest BCUT2D eigenvalue weighted by Crippen LogP contribution is 2.12. The van der Waals surface area contributed by atoms with Gasteiger partial charge in [0.1, 0.15) is 5.82 Å². The zero-order valence-corrected chi connectivity index (χ0v) is 10.1. The van der Waals surface area contributed by atoms with Crippen molar-refractivity contribution in [3.05, 3.63) is 29.6 Å². The van der Waals surface area contributed by atoms with Crippen molar-refractivity contribution in [1.82, 2.24) is 5.32 Å². The first-order valence-electron chi connectivity index (χ1n) is 5.54. The molecule has 1 amide bonds. The minimum Gasteiger partial charge on any atom is -0.399 e. The van der Waals surface area contributed by atoms with Crippen LogP contribution in [0.3, 0.4) is 0 Å². The number of hydrogen-bond acceptors (Lipinski definition) is 4. The van der Waals surface area contributed by atoms with Crippen molar-refractivity contribution in [2.24, 2.45) is 0 Å². The molecule has 0 saturated heterocycles. The van der Waals surface area contributed by atoms with Gasteiger partial charge in [-0.05, 0) is 24.6 Å². The maximum absolute atomic E-state index is 13.4. The molecule has 1 rings (SSSR count). The van der Waals surface area contributed by atoms with Gasteiger partial charge in [0.15, 0.2) is 0 Å². The topological polar surface area (TPSA) is 84.6 Å². The molecule has 0 saturated carbocycles. The van der Waals surface area contributed by atoms with Gasteiger partial charge in [-0.3, -0.25) is 4.79 Å². The van der Waals surface area contributed by atoms with Crippen LogP contribution in [-0.2, 0) is 4.74 Å². The molecule has 0 heterocycles. The van der Waals surface area contributed by atoms with E-state index in [-0.39, 0.29) is 24.8 Å². The highest BCUT2D eigenvalue weighted by atomic mass is 19.1. The normalized spacial score (nSPS) is 12.2. The van der Waals surface area contributed by atoms with Crippen molar-refractivity contribution < 1.29 is 19.0 Å². The Morgan fingerprint density at radius 3 is 2.94 bits per heavy atom. The SMILES string of the molecule is COCC(CCO)NC(=O)c1cc(N)ccc1F. The minimum absolute atomic E-state index is 0.0896. The van der Waals surface area contributed by atoms with Crippen molar-refractivity contribution in [3.63, 3.8) is 0 Å². The van der Waals surface area contributed by atoms with E-state index in [4.69, 9.17) is 15.6 Å². The lowest BCUT2D eigenvalue weighted by molar-refractivity contribution is 0.0875. The number of anilines is 1. The van der Waals surface area contributed by atoms with Crippen molar-refractivity contribution in [1.29, 1.82) is 0 Å². The maximum Gasteiger partial charge on any atom is 0.254 e. The molecular weight excluding hydrogens is 239 g/mol. The number of halogens is 1. The Balaban J connectivity index is 2.76. The molecule has 0 spiro atoms. The molecule has 1 aromatic rings. The number of aliphatic hydroxyl groups is 1. The van der Waals surface area contributed by atoms with E-state index >= 15 is 0 Å². The number of methoxy groups -OCH3 is 1. The van der Waals surface area contributed by atoms with E-state index in [0.29, 0.717) is 12.1 Å².